The fourth-order valence-corrected chi connectivity index (χ4v) is 1.69. The number of sulfonamides is 1. The summed E-state index contributed by atoms with van der Waals surface area (Å²) in [6, 6.07) is 0. The third-order valence-corrected chi connectivity index (χ3v) is 2.41. The van der Waals surface area contributed by atoms with Gasteiger partial charge in [0.2, 0.25) is 10.0 Å². The van der Waals surface area contributed by atoms with Crippen molar-refractivity contribution >= 4 is 10.0 Å². The molecular weight excluding hydrogens is 195 g/mol. The third kappa shape index (κ3) is 6.41. The molecule has 0 rings (SSSR count). The van der Waals surface area contributed by atoms with Crippen LogP contribution in [-0.2, 0) is 10.0 Å². The zero-order valence-electron chi connectivity index (χ0n) is 6.48. The van der Waals surface area contributed by atoms with Crippen molar-refractivity contribution in [2.24, 2.45) is 0 Å². The first kappa shape index (κ1) is 11.7. The standard InChI is InChI=1S/C5H10F3NO2S/c1-2-3-4-12(10,11)9-5(6,7)8/h9H,2-4H2,1H3. The zero-order valence-corrected chi connectivity index (χ0v) is 7.30. The molecule has 0 aliphatic rings. The lowest BCUT2D eigenvalue weighted by atomic mass is 10.4. The van der Waals surface area contributed by atoms with E-state index in [-0.39, 0.29) is 6.42 Å². The lowest BCUT2D eigenvalue weighted by Gasteiger charge is -2.08. The average Bonchev–Trinajstić information content (AvgIpc) is 1.78. The Hall–Kier alpha value is -0.300. The molecule has 0 heterocycles. The number of unbranched alkanes of at least 4 members (excludes halogenated alkanes) is 1. The van der Waals surface area contributed by atoms with Gasteiger partial charge >= 0.3 is 6.30 Å². The molecular formula is C5H10F3NO2S. The van der Waals surface area contributed by atoms with Gasteiger partial charge in [0.15, 0.2) is 0 Å². The second-order valence-electron chi connectivity index (χ2n) is 2.27. The quantitative estimate of drug-likeness (QED) is 0.701. The molecule has 0 atom stereocenters. The molecule has 0 aromatic carbocycles. The molecule has 0 radical (unpaired) electrons. The molecule has 0 bridgehead atoms. The van der Waals surface area contributed by atoms with Gasteiger partial charge in [-0.3, -0.25) is 0 Å². The van der Waals surface area contributed by atoms with Gasteiger partial charge in [0, 0.05) is 0 Å². The average molecular weight is 205 g/mol. The van der Waals surface area contributed by atoms with Crippen LogP contribution in [0.2, 0.25) is 0 Å². The van der Waals surface area contributed by atoms with Gasteiger partial charge in [-0.2, -0.15) is 13.2 Å². The maximum atomic E-state index is 11.5. The Morgan fingerprint density at radius 3 is 2.17 bits per heavy atom. The Morgan fingerprint density at radius 2 is 1.83 bits per heavy atom. The molecule has 0 aliphatic heterocycles. The maximum Gasteiger partial charge on any atom is 0.470 e. The van der Waals surface area contributed by atoms with E-state index >= 15 is 0 Å². The predicted molar refractivity (Wildman–Crippen MR) is 37.9 cm³/mol. The Balaban J connectivity index is 4.06. The summed E-state index contributed by atoms with van der Waals surface area (Å²) in [5, 5.41) is 0. The van der Waals surface area contributed by atoms with Crippen LogP contribution in [0.15, 0.2) is 0 Å². The number of halogens is 3. The van der Waals surface area contributed by atoms with Crippen molar-refractivity contribution in [2.45, 2.75) is 26.1 Å². The van der Waals surface area contributed by atoms with Crippen LogP contribution >= 0.6 is 0 Å². The third-order valence-electron chi connectivity index (χ3n) is 1.04. The Bertz CT molecular complexity index is 221. The minimum atomic E-state index is -4.85. The van der Waals surface area contributed by atoms with Crippen LogP contribution in [0.1, 0.15) is 19.8 Å². The molecule has 0 unspecified atom stereocenters. The monoisotopic (exact) mass is 205 g/mol. The predicted octanol–water partition coefficient (Wildman–Crippen LogP) is 1.23. The summed E-state index contributed by atoms with van der Waals surface area (Å²) in [4.78, 5) is 0. The van der Waals surface area contributed by atoms with Gasteiger partial charge in [0.1, 0.15) is 0 Å². The SMILES string of the molecule is CCCCS(=O)(=O)NC(F)(F)F. The fraction of sp³-hybridized carbons (Fsp3) is 1.00. The first-order valence-electron chi connectivity index (χ1n) is 3.35. The number of nitrogens with one attached hydrogen (secondary N) is 1. The van der Waals surface area contributed by atoms with E-state index in [0.717, 1.165) is 0 Å². The van der Waals surface area contributed by atoms with Crippen LogP contribution < -0.4 is 4.72 Å². The van der Waals surface area contributed by atoms with E-state index in [4.69, 9.17) is 0 Å². The highest BCUT2D eigenvalue weighted by atomic mass is 32.2. The highest BCUT2D eigenvalue weighted by Gasteiger charge is 2.33. The lowest BCUT2D eigenvalue weighted by molar-refractivity contribution is -0.138. The molecule has 0 amide bonds. The molecule has 0 aliphatic carbocycles. The van der Waals surface area contributed by atoms with E-state index in [9.17, 15) is 21.6 Å². The second kappa shape index (κ2) is 4.08. The van der Waals surface area contributed by atoms with E-state index in [1.54, 1.807) is 6.92 Å². The van der Waals surface area contributed by atoms with E-state index in [2.05, 4.69) is 0 Å². The number of rotatable bonds is 4. The summed E-state index contributed by atoms with van der Waals surface area (Å²) >= 11 is 0. The van der Waals surface area contributed by atoms with Gasteiger partial charge in [-0.05, 0) is 6.42 Å². The van der Waals surface area contributed by atoms with Crippen molar-refractivity contribution in [2.75, 3.05) is 5.75 Å². The van der Waals surface area contributed by atoms with E-state index in [0.29, 0.717) is 11.1 Å². The molecule has 0 saturated carbocycles. The van der Waals surface area contributed by atoms with Gasteiger partial charge in [0.25, 0.3) is 0 Å². The van der Waals surface area contributed by atoms with Gasteiger partial charge in [-0.15, -0.1) is 4.72 Å². The second-order valence-corrected chi connectivity index (χ2v) is 4.11. The van der Waals surface area contributed by atoms with Gasteiger partial charge in [-0.1, -0.05) is 13.3 Å². The number of hydrogen-bond acceptors (Lipinski definition) is 2. The smallest absolute Gasteiger partial charge is 0.212 e. The molecule has 0 aromatic heterocycles. The number of alkyl halides is 3. The van der Waals surface area contributed by atoms with Crippen molar-refractivity contribution in [3.63, 3.8) is 0 Å². The zero-order chi connectivity index (χ0) is 9.83. The molecule has 1 N–H and O–H groups in total. The highest BCUT2D eigenvalue weighted by Crippen LogP contribution is 2.11. The molecule has 0 saturated heterocycles. The Labute approximate surface area is 69.0 Å². The van der Waals surface area contributed by atoms with E-state index in [1.807, 2.05) is 0 Å². The molecule has 0 aromatic rings. The van der Waals surface area contributed by atoms with Crippen LogP contribution in [-0.4, -0.2) is 20.5 Å². The minimum absolute atomic E-state index is 0.228. The van der Waals surface area contributed by atoms with Crippen LogP contribution in [0.25, 0.3) is 0 Å². The largest absolute Gasteiger partial charge is 0.470 e. The van der Waals surface area contributed by atoms with Crippen molar-refractivity contribution < 1.29 is 21.6 Å². The van der Waals surface area contributed by atoms with Crippen molar-refractivity contribution in [1.29, 1.82) is 0 Å². The first-order valence-corrected chi connectivity index (χ1v) is 5.00. The van der Waals surface area contributed by atoms with Crippen LogP contribution in [0.3, 0.4) is 0 Å². The van der Waals surface area contributed by atoms with Gasteiger partial charge in [-0.25, -0.2) is 8.42 Å². The van der Waals surface area contributed by atoms with Gasteiger partial charge in [0.05, 0.1) is 5.75 Å². The van der Waals surface area contributed by atoms with Crippen LogP contribution in [0, 0.1) is 0 Å². The molecule has 0 spiro atoms. The summed E-state index contributed by atoms with van der Waals surface area (Å²) in [5.74, 6) is -0.483. The topological polar surface area (TPSA) is 46.2 Å². The summed E-state index contributed by atoms with van der Waals surface area (Å²) < 4.78 is 56.2. The molecule has 74 valence electrons. The Morgan fingerprint density at radius 1 is 1.33 bits per heavy atom. The molecule has 3 nitrogen and oxygen atoms in total. The van der Waals surface area contributed by atoms with E-state index in [1.165, 1.54) is 0 Å². The summed E-state index contributed by atoms with van der Waals surface area (Å²) in [7, 11) is -4.18. The minimum Gasteiger partial charge on any atom is -0.212 e. The number of hydrogen-bond donors (Lipinski definition) is 1. The first-order chi connectivity index (χ1) is 5.27. The van der Waals surface area contributed by atoms with Crippen molar-refractivity contribution in [1.82, 2.24) is 4.72 Å². The Kier molecular flexibility index (Phi) is 3.98. The molecule has 12 heavy (non-hydrogen) atoms. The highest BCUT2D eigenvalue weighted by molar-refractivity contribution is 7.89. The van der Waals surface area contributed by atoms with Crippen LogP contribution in [0.4, 0.5) is 13.2 Å². The molecule has 0 fully saturated rings. The van der Waals surface area contributed by atoms with Crippen molar-refractivity contribution in [3.8, 4) is 0 Å². The van der Waals surface area contributed by atoms with Crippen LogP contribution in [0.5, 0.6) is 0 Å². The fourth-order valence-electron chi connectivity index (χ4n) is 0.562. The maximum absolute atomic E-state index is 11.5. The molecule has 7 heteroatoms. The van der Waals surface area contributed by atoms with E-state index < -0.39 is 22.1 Å². The summed E-state index contributed by atoms with van der Waals surface area (Å²) in [6.07, 6.45) is -4.09. The summed E-state index contributed by atoms with van der Waals surface area (Å²) in [5.41, 5.74) is 0. The summed E-state index contributed by atoms with van der Waals surface area (Å²) in [6.45, 7) is 1.70. The lowest BCUT2D eigenvalue weighted by Crippen LogP contribution is -2.38. The van der Waals surface area contributed by atoms with Gasteiger partial charge < -0.3 is 0 Å². The van der Waals surface area contributed by atoms with Crippen molar-refractivity contribution in [3.05, 3.63) is 0 Å². The normalized spacial score (nSPS) is 13.3.